The first-order valence-electron chi connectivity index (χ1n) is 9.70. The minimum atomic E-state index is -0.494. The van der Waals surface area contributed by atoms with E-state index in [1.807, 2.05) is 42.5 Å². The summed E-state index contributed by atoms with van der Waals surface area (Å²) in [5.41, 5.74) is 0.921. The van der Waals surface area contributed by atoms with Gasteiger partial charge in [0, 0.05) is 6.54 Å². The van der Waals surface area contributed by atoms with Gasteiger partial charge in [0.05, 0.1) is 5.25 Å². The molecule has 5 rings (SSSR count). The maximum atomic E-state index is 12.5. The highest BCUT2D eigenvalue weighted by molar-refractivity contribution is 8.00. The van der Waals surface area contributed by atoms with E-state index in [9.17, 15) is 4.79 Å². The Morgan fingerprint density at radius 2 is 1.90 bits per heavy atom. The summed E-state index contributed by atoms with van der Waals surface area (Å²) in [4.78, 5) is 12.5. The summed E-state index contributed by atoms with van der Waals surface area (Å²) in [7, 11) is 0. The highest BCUT2D eigenvalue weighted by atomic mass is 32.2. The molecule has 0 fully saturated rings. The zero-order valence-electron chi connectivity index (χ0n) is 16.6. The van der Waals surface area contributed by atoms with E-state index in [0.29, 0.717) is 40.7 Å². The molecular weight excluding hydrogens is 422 g/mol. The standard InChI is InChI=1S/C21H19N3O6S/c1-12(19(25)22-9-13-6-7-15-17(8-13)28-11-27-15)31-21-24-23-20(30-21)18-10-26-14-4-2-3-5-16(14)29-18/h2-8,12,18H,9-11H2,1H3,(H,22,25)/t12-,18-/m1/s1. The molecule has 1 N–H and O–H groups in total. The molecule has 31 heavy (non-hydrogen) atoms. The van der Waals surface area contributed by atoms with Gasteiger partial charge >= 0.3 is 0 Å². The molecule has 10 heteroatoms. The maximum Gasteiger partial charge on any atom is 0.277 e. The summed E-state index contributed by atoms with van der Waals surface area (Å²) >= 11 is 1.18. The van der Waals surface area contributed by atoms with E-state index in [1.165, 1.54) is 11.8 Å². The average molecular weight is 441 g/mol. The summed E-state index contributed by atoms with van der Waals surface area (Å²) < 4.78 is 27.9. The number of hydrogen-bond acceptors (Lipinski definition) is 9. The number of benzene rings is 2. The molecule has 0 radical (unpaired) electrons. The van der Waals surface area contributed by atoms with Gasteiger partial charge in [0.1, 0.15) is 6.61 Å². The maximum absolute atomic E-state index is 12.5. The summed E-state index contributed by atoms with van der Waals surface area (Å²) in [5, 5.41) is 10.9. The lowest BCUT2D eigenvalue weighted by atomic mass is 10.2. The second-order valence-electron chi connectivity index (χ2n) is 6.94. The molecule has 160 valence electrons. The van der Waals surface area contributed by atoms with Gasteiger partial charge in [-0.2, -0.15) is 0 Å². The summed E-state index contributed by atoms with van der Waals surface area (Å²) in [6.45, 7) is 2.65. The molecule has 0 saturated heterocycles. The molecular formula is C21H19N3O6S. The quantitative estimate of drug-likeness (QED) is 0.578. The third kappa shape index (κ3) is 4.24. The van der Waals surface area contributed by atoms with Crippen LogP contribution >= 0.6 is 11.8 Å². The van der Waals surface area contributed by atoms with Crippen LogP contribution in [0.4, 0.5) is 0 Å². The summed E-state index contributed by atoms with van der Waals surface area (Å²) in [6.07, 6.45) is -0.494. The van der Waals surface area contributed by atoms with Crippen LogP contribution in [0.1, 0.15) is 24.5 Å². The van der Waals surface area contributed by atoms with E-state index in [4.69, 9.17) is 23.4 Å². The van der Waals surface area contributed by atoms with Crippen LogP contribution < -0.4 is 24.3 Å². The number of rotatable bonds is 6. The Morgan fingerprint density at radius 1 is 1.10 bits per heavy atom. The zero-order chi connectivity index (χ0) is 21.2. The molecule has 3 aromatic rings. The molecule has 0 unspecified atom stereocenters. The summed E-state index contributed by atoms with van der Waals surface area (Å²) in [5.74, 6) is 2.87. The van der Waals surface area contributed by atoms with Crippen LogP contribution in [0.5, 0.6) is 23.0 Å². The Labute approximate surface area is 182 Å². The van der Waals surface area contributed by atoms with Crippen molar-refractivity contribution >= 4 is 17.7 Å². The predicted molar refractivity (Wildman–Crippen MR) is 109 cm³/mol. The number of ether oxygens (including phenoxy) is 4. The Kier molecular flexibility index (Phi) is 5.29. The highest BCUT2D eigenvalue weighted by Gasteiger charge is 2.28. The third-order valence-electron chi connectivity index (χ3n) is 4.76. The van der Waals surface area contributed by atoms with Crippen molar-refractivity contribution in [1.29, 1.82) is 0 Å². The number of carbonyl (C=O) groups is 1. The van der Waals surface area contributed by atoms with Crippen LogP contribution in [0.2, 0.25) is 0 Å². The van der Waals surface area contributed by atoms with Gasteiger partial charge in [-0.15, -0.1) is 10.2 Å². The van der Waals surface area contributed by atoms with E-state index < -0.39 is 11.4 Å². The van der Waals surface area contributed by atoms with Crippen molar-refractivity contribution in [3.63, 3.8) is 0 Å². The Bertz CT molecular complexity index is 1100. The molecule has 2 aliphatic rings. The number of fused-ring (bicyclic) bond motifs is 2. The number of nitrogens with one attached hydrogen (secondary N) is 1. The first-order chi connectivity index (χ1) is 15.2. The fourth-order valence-electron chi connectivity index (χ4n) is 3.13. The predicted octanol–water partition coefficient (Wildman–Crippen LogP) is 3.11. The van der Waals surface area contributed by atoms with Crippen LogP contribution in [-0.2, 0) is 11.3 Å². The number of nitrogens with zero attached hydrogens (tertiary/aromatic N) is 2. The lowest BCUT2D eigenvalue weighted by Crippen LogP contribution is -2.30. The van der Waals surface area contributed by atoms with E-state index in [0.717, 1.165) is 5.56 Å². The molecule has 2 atom stereocenters. The number of carbonyl (C=O) groups excluding carboxylic acids is 1. The molecule has 1 aromatic heterocycles. The van der Waals surface area contributed by atoms with Crippen LogP contribution in [0.25, 0.3) is 0 Å². The Hall–Kier alpha value is -3.40. The molecule has 2 aliphatic heterocycles. The van der Waals surface area contributed by atoms with Gasteiger partial charge in [0.15, 0.2) is 23.0 Å². The molecule has 0 saturated carbocycles. The largest absolute Gasteiger partial charge is 0.485 e. The number of para-hydroxylation sites is 2. The Morgan fingerprint density at radius 3 is 2.81 bits per heavy atom. The van der Waals surface area contributed by atoms with E-state index >= 15 is 0 Å². The monoisotopic (exact) mass is 441 g/mol. The van der Waals surface area contributed by atoms with Crippen molar-refractivity contribution in [2.75, 3.05) is 13.4 Å². The van der Waals surface area contributed by atoms with Crippen molar-refractivity contribution in [2.45, 2.75) is 30.0 Å². The van der Waals surface area contributed by atoms with Gasteiger partial charge in [0.2, 0.25) is 18.8 Å². The van der Waals surface area contributed by atoms with E-state index in [1.54, 1.807) is 6.92 Å². The van der Waals surface area contributed by atoms with Crippen LogP contribution in [0.3, 0.4) is 0 Å². The van der Waals surface area contributed by atoms with Crippen molar-refractivity contribution in [3.05, 3.63) is 53.9 Å². The first kappa shape index (κ1) is 19.6. The lowest BCUT2D eigenvalue weighted by molar-refractivity contribution is -0.120. The molecule has 0 aliphatic carbocycles. The lowest BCUT2D eigenvalue weighted by Gasteiger charge is -2.23. The molecule has 2 aromatic carbocycles. The number of thioether (sulfide) groups is 1. The minimum Gasteiger partial charge on any atom is -0.485 e. The number of aromatic nitrogens is 2. The van der Waals surface area contributed by atoms with Crippen LogP contribution in [-0.4, -0.2) is 34.8 Å². The number of hydrogen-bond donors (Lipinski definition) is 1. The van der Waals surface area contributed by atoms with E-state index in [-0.39, 0.29) is 19.3 Å². The van der Waals surface area contributed by atoms with E-state index in [2.05, 4.69) is 15.5 Å². The molecule has 3 heterocycles. The highest BCUT2D eigenvalue weighted by Crippen LogP contribution is 2.36. The van der Waals surface area contributed by atoms with Gasteiger partial charge < -0.3 is 28.7 Å². The topological polar surface area (TPSA) is 105 Å². The number of amides is 1. The Balaban J connectivity index is 1.15. The van der Waals surface area contributed by atoms with Crippen molar-refractivity contribution in [1.82, 2.24) is 15.5 Å². The van der Waals surface area contributed by atoms with Gasteiger partial charge in [-0.25, -0.2) is 0 Å². The molecule has 0 spiro atoms. The van der Waals surface area contributed by atoms with Gasteiger partial charge in [0.25, 0.3) is 11.1 Å². The van der Waals surface area contributed by atoms with Crippen molar-refractivity contribution in [3.8, 4) is 23.0 Å². The minimum absolute atomic E-state index is 0.145. The van der Waals surface area contributed by atoms with Crippen LogP contribution in [0, 0.1) is 0 Å². The molecule has 0 bridgehead atoms. The first-order valence-corrected chi connectivity index (χ1v) is 10.6. The smallest absolute Gasteiger partial charge is 0.277 e. The zero-order valence-corrected chi connectivity index (χ0v) is 17.4. The fraction of sp³-hybridized carbons (Fsp3) is 0.286. The average Bonchev–Trinajstić information content (AvgIpc) is 3.46. The normalized spacial score (nSPS) is 17.3. The van der Waals surface area contributed by atoms with Crippen molar-refractivity contribution < 1.29 is 28.2 Å². The molecule has 9 nitrogen and oxygen atoms in total. The third-order valence-corrected chi connectivity index (χ3v) is 5.69. The van der Waals surface area contributed by atoms with Gasteiger partial charge in [-0.3, -0.25) is 4.79 Å². The summed E-state index contributed by atoms with van der Waals surface area (Å²) in [6, 6.07) is 13.0. The second kappa shape index (κ2) is 8.38. The van der Waals surface area contributed by atoms with Gasteiger partial charge in [-0.1, -0.05) is 30.0 Å². The van der Waals surface area contributed by atoms with Crippen molar-refractivity contribution in [2.24, 2.45) is 0 Å². The van der Waals surface area contributed by atoms with Crippen LogP contribution in [0.15, 0.2) is 52.1 Å². The SMILES string of the molecule is C[C@@H](Sc1nnc([C@H]2COc3ccccc3O2)o1)C(=O)NCc1ccc2c(c1)OCO2. The second-order valence-corrected chi connectivity index (χ2v) is 8.23. The fourth-order valence-corrected chi connectivity index (χ4v) is 3.84. The molecule has 1 amide bonds. The van der Waals surface area contributed by atoms with Gasteiger partial charge in [-0.05, 0) is 36.8 Å².